The Hall–Kier alpha value is -1.52. The molecule has 2 N–H and O–H groups in total. The van der Waals surface area contributed by atoms with Crippen molar-refractivity contribution >= 4 is 17.5 Å². The second-order valence-corrected chi connectivity index (χ2v) is 5.64. The van der Waals surface area contributed by atoms with Gasteiger partial charge < -0.3 is 15.4 Å². The van der Waals surface area contributed by atoms with Crippen molar-refractivity contribution in [1.29, 1.82) is 0 Å². The molecule has 0 bridgehead atoms. The maximum atomic E-state index is 11.8. The Morgan fingerprint density at radius 1 is 1.57 bits per heavy atom. The van der Waals surface area contributed by atoms with Gasteiger partial charge in [0.05, 0.1) is 0 Å². The second kappa shape index (κ2) is 7.48. The number of halogens is 1. The highest BCUT2D eigenvalue weighted by Crippen LogP contribution is 2.26. The van der Waals surface area contributed by atoms with Crippen LogP contribution in [-0.4, -0.2) is 24.6 Å². The van der Waals surface area contributed by atoms with Gasteiger partial charge in [0, 0.05) is 29.7 Å². The normalized spacial score (nSPS) is 15.3. The molecule has 5 heteroatoms. The van der Waals surface area contributed by atoms with Crippen LogP contribution in [0.25, 0.3) is 0 Å². The monoisotopic (exact) mass is 308 g/mol. The largest absolute Gasteiger partial charge is 0.481 e. The standard InChI is InChI=1S/C16H21ClN2O2/c1-3-8-18-16(20)11(2)21-15-7-4-13(17)9-12(15)10-19-14-5-6-14/h3-4,7,9,11,14,19H,1,5-6,8,10H2,2H3,(H,18,20). The van der Waals surface area contributed by atoms with E-state index in [9.17, 15) is 4.79 Å². The van der Waals surface area contributed by atoms with Crippen LogP contribution in [0.5, 0.6) is 5.75 Å². The van der Waals surface area contributed by atoms with E-state index in [1.54, 1.807) is 19.1 Å². The summed E-state index contributed by atoms with van der Waals surface area (Å²) in [5.41, 5.74) is 0.970. The Labute approximate surface area is 130 Å². The summed E-state index contributed by atoms with van der Waals surface area (Å²) < 4.78 is 5.77. The van der Waals surface area contributed by atoms with Gasteiger partial charge in [0.25, 0.3) is 5.91 Å². The summed E-state index contributed by atoms with van der Waals surface area (Å²) in [5.74, 6) is 0.528. The fourth-order valence-corrected chi connectivity index (χ4v) is 2.10. The van der Waals surface area contributed by atoms with E-state index in [1.807, 2.05) is 12.1 Å². The highest BCUT2D eigenvalue weighted by Gasteiger charge is 2.21. The van der Waals surface area contributed by atoms with Gasteiger partial charge in [0.1, 0.15) is 5.75 Å². The lowest BCUT2D eigenvalue weighted by atomic mass is 10.2. The summed E-state index contributed by atoms with van der Waals surface area (Å²) in [5, 5.41) is 6.81. The zero-order valence-electron chi connectivity index (χ0n) is 12.2. The second-order valence-electron chi connectivity index (χ2n) is 5.20. The molecule has 2 rings (SSSR count). The smallest absolute Gasteiger partial charge is 0.261 e. The fraction of sp³-hybridized carbons (Fsp3) is 0.438. The molecule has 1 fully saturated rings. The summed E-state index contributed by atoms with van der Waals surface area (Å²) in [6, 6.07) is 6.06. The topological polar surface area (TPSA) is 50.4 Å². The predicted octanol–water partition coefficient (Wildman–Crippen LogP) is 2.66. The molecule has 21 heavy (non-hydrogen) atoms. The fourth-order valence-electron chi connectivity index (χ4n) is 1.90. The van der Waals surface area contributed by atoms with E-state index in [2.05, 4.69) is 17.2 Å². The summed E-state index contributed by atoms with van der Waals surface area (Å²) in [6.45, 7) is 6.43. The first kappa shape index (κ1) is 15.9. The number of hydrogen-bond donors (Lipinski definition) is 2. The van der Waals surface area contributed by atoms with Gasteiger partial charge in [-0.25, -0.2) is 0 Å². The van der Waals surface area contributed by atoms with Crippen LogP contribution in [0.15, 0.2) is 30.9 Å². The van der Waals surface area contributed by atoms with E-state index in [-0.39, 0.29) is 5.91 Å². The number of nitrogens with one attached hydrogen (secondary N) is 2. The van der Waals surface area contributed by atoms with Crippen LogP contribution in [0, 0.1) is 0 Å². The average Bonchev–Trinajstić information content (AvgIpc) is 3.29. The molecule has 1 amide bonds. The zero-order chi connectivity index (χ0) is 15.2. The molecule has 0 heterocycles. The highest BCUT2D eigenvalue weighted by molar-refractivity contribution is 6.30. The Morgan fingerprint density at radius 3 is 3.00 bits per heavy atom. The molecule has 0 aromatic heterocycles. The number of hydrogen-bond acceptors (Lipinski definition) is 3. The van der Waals surface area contributed by atoms with Crippen LogP contribution in [0.1, 0.15) is 25.3 Å². The number of benzene rings is 1. The zero-order valence-corrected chi connectivity index (χ0v) is 13.0. The molecular weight excluding hydrogens is 288 g/mol. The van der Waals surface area contributed by atoms with Gasteiger partial charge >= 0.3 is 0 Å². The minimum Gasteiger partial charge on any atom is -0.481 e. The first-order valence-electron chi connectivity index (χ1n) is 7.17. The maximum Gasteiger partial charge on any atom is 0.261 e. The first-order chi connectivity index (χ1) is 10.1. The third-order valence-corrected chi connectivity index (χ3v) is 3.51. The van der Waals surface area contributed by atoms with Crippen LogP contribution < -0.4 is 15.4 Å². The lowest BCUT2D eigenvalue weighted by Crippen LogP contribution is -2.36. The van der Waals surface area contributed by atoms with Crippen LogP contribution in [0.4, 0.5) is 0 Å². The van der Waals surface area contributed by atoms with E-state index in [0.717, 1.165) is 5.56 Å². The molecule has 0 spiro atoms. The van der Waals surface area contributed by atoms with E-state index >= 15 is 0 Å². The van der Waals surface area contributed by atoms with Crippen molar-refractivity contribution in [2.24, 2.45) is 0 Å². The van der Waals surface area contributed by atoms with Gasteiger partial charge in [-0.3, -0.25) is 4.79 Å². The third kappa shape index (κ3) is 5.06. The summed E-state index contributed by atoms with van der Waals surface area (Å²) >= 11 is 6.04. The van der Waals surface area contributed by atoms with Crippen LogP contribution in [0.2, 0.25) is 5.02 Å². The lowest BCUT2D eigenvalue weighted by molar-refractivity contribution is -0.127. The Bertz CT molecular complexity index is 515. The molecule has 1 atom stereocenters. The molecule has 1 unspecified atom stereocenters. The lowest BCUT2D eigenvalue weighted by Gasteiger charge is -2.17. The molecule has 114 valence electrons. The number of amides is 1. The van der Waals surface area contributed by atoms with Crippen molar-refractivity contribution in [2.75, 3.05) is 6.54 Å². The molecule has 1 aromatic rings. The van der Waals surface area contributed by atoms with Gasteiger partial charge in [-0.05, 0) is 38.0 Å². The molecule has 1 aromatic carbocycles. The average molecular weight is 309 g/mol. The van der Waals surface area contributed by atoms with Gasteiger partial charge in [-0.15, -0.1) is 6.58 Å². The van der Waals surface area contributed by atoms with E-state index in [1.165, 1.54) is 12.8 Å². The Morgan fingerprint density at radius 2 is 2.33 bits per heavy atom. The van der Waals surface area contributed by atoms with Gasteiger partial charge in [0.2, 0.25) is 0 Å². The SMILES string of the molecule is C=CCNC(=O)C(C)Oc1ccc(Cl)cc1CNC1CC1. The minimum atomic E-state index is -0.564. The highest BCUT2D eigenvalue weighted by atomic mass is 35.5. The van der Waals surface area contributed by atoms with Crippen molar-refractivity contribution in [3.8, 4) is 5.75 Å². The Balaban J connectivity index is 1.99. The third-order valence-electron chi connectivity index (χ3n) is 3.27. The molecular formula is C16H21ClN2O2. The van der Waals surface area contributed by atoms with Crippen molar-refractivity contribution in [3.63, 3.8) is 0 Å². The van der Waals surface area contributed by atoms with Gasteiger partial charge in [0.15, 0.2) is 6.10 Å². The molecule has 1 aliphatic rings. The van der Waals surface area contributed by atoms with Crippen molar-refractivity contribution in [1.82, 2.24) is 10.6 Å². The summed E-state index contributed by atoms with van der Waals surface area (Å²) in [4.78, 5) is 11.8. The maximum absolute atomic E-state index is 11.8. The van der Waals surface area contributed by atoms with Crippen molar-refractivity contribution < 1.29 is 9.53 Å². The van der Waals surface area contributed by atoms with Crippen LogP contribution in [0.3, 0.4) is 0 Å². The van der Waals surface area contributed by atoms with Crippen LogP contribution in [-0.2, 0) is 11.3 Å². The van der Waals surface area contributed by atoms with Crippen LogP contribution >= 0.6 is 11.6 Å². The summed E-state index contributed by atoms with van der Waals surface area (Å²) in [7, 11) is 0. The number of rotatable bonds is 8. The summed E-state index contributed by atoms with van der Waals surface area (Å²) in [6.07, 6.45) is 3.51. The Kier molecular flexibility index (Phi) is 5.65. The quantitative estimate of drug-likeness (QED) is 0.726. The van der Waals surface area contributed by atoms with E-state index in [4.69, 9.17) is 16.3 Å². The molecule has 1 saturated carbocycles. The van der Waals surface area contributed by atoms with E-state index < -0.39 is 6.10 Å². The molecule has 0 radical (unpaired) electrons. The number of carbonyl (C=O) groups is 1. The van der Waals surface area contributed by atoms with E-state index in [0.29, 0.717) is 29.9 Å². The molecule has 1 aliphatic carbocycles. The van der Waals surface area contributed by atoms with Crippen molar-refractivity contribution in [2.45, 2.75) is 38.5 Å². The number of ether oxygens (including phenoxy) is 1. The molecule has 4 nitrogen and oxygen atoms in total. The molecule has 0 saturated heterocycles. The van der Waals surface area contributed by atoms with Gasteiger partial charge in [-0.2, -0.15) is 0 Å². The predicted molar refractivity (Wildman–Crippen MR) is 84.6 cm³/mol. The number of carbonyl (C=O) groups excluding carboxylic acids is 1. The van der Waals surface area contributed by atoms with Crippen molar-refractivity contribution in [3.05, 3.63) is 41.4 Å². The molecule has 0 aliphatic heterocycles. The van der Waals surface area contributed by atoms with Gasteiger partial charge in [-0.1, -0.05) is 17.7 Å². The minimum absolute atomic E-state index is 0.161. The first-order valence-corrected chi connectivity index (χ1v) is 7.55.